The maximum Gasteiger partial charge on any atom is 0.330 e. The number of benzene rings is 1. The minimum atomic E-state index is -0.262. The van der Waals surface area contributed by atoms with Crippen molar-refractivity contribution in [3.8, 4) is 11.4 Å². The minimum absolute atomic E-state index is 0.0872. The van der Waals surface area contributed by atoms with Crippen LogP contribution in [0.2, 0.25) is 0 Å². The fraction of sp³-hybridized carbons (Fsp3) is 0. The summed E-state index contributed by atoms with van der Waals surface area (Å²) < 4.78 is 1.34. The second kappa shape index (κ2) is 2.82. The van der Waals surface area contributed by atoms with Gasteiger partial charge >= 0.3 is 5.69 Å². The lowest BCUT2D eigenvalue weighted by molar-refractivity contribution is 0.472. The Morgan fingerprint density at radius 1 is 1.31 bits per heavy atom. The molecule has 1 aromatic heterocycles. The number of aromatic hydroxyl groups is 1. The predicted octanol–water partition coefficient (Wildman–Crippen LogP) is 0.871. The largest absolute Gasteiger partial charge is 0.506 e. The van der Waals surface area contributed by atoms with E-state index in [0.717, 1.165) is 0 Å². The van der Waals surface area contributed by atoms with Crippen LogP contribution < -0.4 is 5.69 Å². The molecular weight excluding hydrogens is 168 g/mol. The Morgan fingerprint density at radius 3 is 2.69 bits per heavy atom. The highest BCUT2D eigenvalue weighted by molar-refractivity contribution is 5.45. The molecule has 0 saturated heterocycles. The summed E-state index contributed by atoms with van der Waals surface area (Å²) in [4.78, 5) is 13.7. The summed E-state index contributed by atoms with van der Waals surface area (Å²) in [6.45, 7) is 0. The van der Waals surface area contributed by atoms with E-state index in [2.05, 4.69) is 4.98 Å². The van der Waals surface area contributed by atoms with Crippen molar-refractivity contribution >= 4 is 0 Å². The van der Waals surface area contributed by atoms with E-state index in [9.17, 15) is 9.90 Å². The van der Waals surface area contributed by atoms with Gasteiger partial charge in [0.25, 0.3) is 0 Å². The second-order valence-electron chi connectivity index (χ2n) is 2.62. The van der Waals surface area contributed by atoms with Crippen molar-refractivity contribution in [3.05, 3.63) is 47.1 Å². The van der Waals surface area contributed by atoms with Crippen molar-refractivity contribution in [1.82, 2.24) is 9.55 Å². The van der Waals surface area contributed by atoms with Crippen LogP contribution in [0, 0.1) is 0 Å². The molecule has 13 heavy (non-hydrogen) atoms. The first-order valence-corrected chi connectivity index (χ1v) is 3.83. The molecule has 0 atom stereocenters. The van der Waals surface area contributed by atoms with Crippen molar-refractivity contribution < 1.29 is 5.11 Å². The summed E-state index contributed by atoms with van der Waals surface area (Å²) in [5, 5.41) is 9.43. The lowest BCUT2D eigenvalue weighted by Crippen LogP contribution is -2.13. The van der Waals surface area contributed by atoms with Crippen LogP contribution in [0.15, 0.2) is 41.5 Å². The molecular formula is C9H8N2O2. The van der Waals surface area contributed by atoms with E-state index in [1.807, 2.05) is 0 Å². The molecule has 2 rings (SSSR count). The molecule has 0 bridgehead atoms. The Hall–Kier alpha value is -1.97. The number of rotatable bonds is 1. The highest BCUT2D eigenvalue weighted by atomic mass is 16.3. The lowest BCUT2D eigenvalue weighted by Gasteiger charge is -2.02. The maximum atomic E-state index is 11.2. The van der Waals surface area contributed by atoms with E-state index in [-0.39, 0.29) is 11.4 Å². The van der Waals surface area contributed by atoms with Crippen molar-refractivity contribution in [1.29, 1.82) is 0 Å². The van der Waals surface area contributed by atoms with Crippen LogP contribution in [0.4, 0.5) is 0 Å². The van der Waals surface area contributed by atoms with Gasteiger partial charge in [0.1, 0.15) is 5.75 Å². The zero-order valence-corrected chi connectivity index (χ0v) is 6.77. The summed E-state index contributed by atoms with van der Waals surface area (Å²) in [7, 11) is 0. The summed E-state index contributed by atoms with van der Waals surface area (Å²) in [5.74, 6) is 0.0872. The van der Waals surface area contributed by atoms with Crippen molar-refractivity contribution in [2.45, 2.75) is 0 Å². The van der Waals surface area contributed by atoms with Gasteiger partial charge in [-0.3, -0.25) is 4.57 Å². The Balaban J connectivity index is 2.66. The summed E-state index contributed by atoms with van der Waals surface area (Å²) in [6, 6.07) is 6.67. The fourth-order valence-corrected chi connectivity index (χ4v) is 1.18. The molecule has 0 amide bonds. The zero-order valence-electron chi connectivity index (χ0n) is 6.77. The molecule has 4 nitrogen and oxygen atoms in total. The van der Waals surface area contributed by atoms with Crippen molar-refractivity contribution in [2.75, 3.05) is 0 Å². The van der Waals surface area contributed by atoms with Gasteiger partial charge in [-0.2, -0.15) is 0 Å². The van der Waals surface area contributed by atoms with Gasteiger partial charge in [0.05, 0.1) is 5.69 Å². The molecule has 0 spiro atoms. The zero-order chi connectivity index (χ0) is 9.26. The predicted molar refractivity (Wildman–Crippen MR) is 48.1 cm³/mol. The van der Waals surface area contributed by atoms with E-state index in [1.54, 1.807) is 24.4 Å². The average molecular weight is 176 g/mol. The van der Waals surface area contributed by atoms with E-state index in [0.29, 0.717) is 5.69 Å². The number of nitrogens with zero attached hydrogens (tertiary/aromatic N) is 1. The van der Waals surface area contributed by atoms with Crippen LogP contribution in [0.1, 0.15) is 0 Å². The molecule has 0 aliphatic rings. The molecule has 0 fully saturated rings. The Bertz CT molecular complexity index is 470. The third kappa shape index (κ3) is 1.22. The average Bonchev–Trinajstić information content (AvgIpc) is 2.52. The van der Waals surface area contributed by atoms with Crippen LogP contribution in [0.3, 0.4) is 0 Å². The second-order valence-corrected chi connectivity index (χ2v) is 2.62. The highest BCUT2D eigenvalue weighted by Gasteiger charge is 2.03. The van der Waals surface area contributed by atoms with Gasteiger partial charge in [-0.25, -0.2) is 4.79 Å². The monoisotopic (exact) mass is 176 g/mol. The van der Waals surface area contributed by atoms with Crippen LogP contribution in [0.5, 0.6) is 5.75 Å². The van der Waals surface area contributed by atoms with E-state index in [4.69, 9.17) is 0 Å². The number of H-pyrrole nitrogens is 1. The molecule has 2 aromatic rings. The van der Waals surface area contributed by atoms with Crippen LogP contribution in [-0.4, -0.2) is 14.7 Å². The van der Waals surface area contributed by atoms with Crippen molar-refractivity contribution in [3.63, 3.8) is 0 Å². The lowest BCUT2D eigenvalue weighted by atomic mass is 10.3. The molecule has 1 aromatic carbocycles. The number of para-hydroxylation sites is 2. The minimum Gasteiger partial charge on any atom is -0.506 e. The molecule has 4 heteroatoms. The SMILES string of the molecule is O=c1[nH]ccn1-c1ccccc1O. The summed E-state index contributed by atoms with van der Waals surface area (Å²) in [5.41, 5.74) is 0.218. The van der Waals surface area contributed by atoms with Gasteiger partial charge in [-0.05, 0) is 12.1 Å². The summed E-state index contributed by atoms with van der Waals surface area (Å²) >= 11 is 0. The standard InChI is InChI=1S/C9H8N2O2/c12-8-4-2-1-3-7(8)11-6-5-10-9(11)13/h1-6,12H,(H,10,13). The first kappa shape index (κ1) is 7.67. The number of hydrogen-bond donors (Lipinski definition) is 2. The molecule has 0 unspecified atom stereocenters. The van der Waals surface area contributed by atoms with Gasteiger partial charge in [0.15, 0.2) is 0 Å². The van der Waals surface area contributed by atoms with Crippen LogP contribution in [0.25, 0.3) is 5.69 Å². The number of phenolic OH excluding ortho intramolecular Hbond substituents is 1. The van der Waals surface area contributed by atoms with E-state index >= 15 is 0 Å². The first-order valence-electron chi connectivity index (χ1n) is 3.83. The number of nitrogens with one attached hydrogen (secondary N) is 1. The van der Waals surface area contributed by atoms with Gasteiger partial charge in [0, 0.05) is 12.4 Å². The van der Waals surface area contributed by atoms with E-state index < -0.39 is 0 Å². The number of aromatic nitrogens is 2. The molecule has 1 heterocycles. The Kier molecular flexibility index (Phi) is 1.66. The number of hydrogen-bond acceptors (Lipinski definition) is 2. The smallest absolute Gasteiger partial charge is 0.330 e. The maximum absolute atomic E-state index is 11.2. The fourth-order valence-electron chi connectivity index (χ4n) is 1.18. The molecule has 0 aliphatic heterocycles. The number of phenols is 1. The van der Waals surface area contributed by atoms with Gasteiger partial charge < -0.3 is 10.1 Å². The van der Waals surface area contributed by atoms with Gasteiger partial charge in [0.2, 0.25) is 0 Å². The topological polar surface area (TPSA) is 58.0 Å². The number of aromatic amines is 1. The van der Waals surface area contributed by atoms with Gasteiger partial charge in [-0.1, -0.05) is 12.1 Å². The normalized spacial score (nSPS) is 10.2. The Morgan fingerprint density at radius 2 is 2.08 bits per heavy atom. The van der Waals surface area contributed by atoms with Crippen LogP contribution >= 0.6 is 0 Å². The van der Waals surface area contributed by atoms with Crippen LogP contribution in [-0.2, 0) is 0 Å². The molecule has 2 N–H and O–H groups in total. The van der Waals surface area contributed by atoms with Crippen molar-refractivity contribution in [2.24, 2.45) is 0 Å². The third-order valence-electron chi connectivity index (χ3n) is 1.79. The first-order chi connectivity index (χ1) is 6.29. The quantitative estimate of drug-likeness (QED) is 0.677. The molecule has 66 valence electrons. The summed E-state index contributed by atoms with van der Waals surface area (Å²) in [6.07, 6.45) is 3.09. The van der Waals surface area contributed by atoms with Gasteiger partial charge in [-0.15, -0.1) is 0 Å². The third-order valence-corrected chi connectivity index (χ3v) is 1.79. The van der Waals surface area contributed by atoms with E-state index in [1.165, 1.54) is 16.8 Å². The highest BCUT2D eigenvalue weighted by Crippen LogP contribution is 2.18. The molecule has 0 radical (unpaired) electrons. The molecule has 0 saturated carbocycles. The Labute approximate surface area is 74.1 Å². The molecule has 0 aliphatic carbocycles. The number of imidazole rings is 1.